The van der Waals surface area contributed by atoms with E-state index >= 15 is 0 Å². The topological polar surface area (TPSA) is 84.5 Å². The number of methoxy groups -OCH3 is 1. The number of hydrogen-bond donors (Lipinski definition) is 2. The molecule has 0 saturated carbocycles. The molecule has 1 amide bonds. The summed E-state index contributed by atoms with van der Waals surface area (Å²) < 4.78 is 32.9. The van der Waals surface area contributed by atoms with Crippen LogP contribution in [0.15, 0.2) is 71.6 Å². The molecule has 0 aromatic heterocycles. The minimum atomic E-state index is -3.70. The van der Waals surface area contributed by atoms with Crippen molar-refractivity contribution in [2.24, 2.45) is 0 Å². The molecule has 0 aliphatic rings. The first-order chi connectivity index (χ1) is 14.8. The molecule has 0 radical (unpaired) electrons. The number of carbonyl (C=O) groups excluding carboxylic acids is 1. The molecule has 3 aromatic carbocycles. The Hall–Kier alpha value is -3.32. The quantitative estimate of drug-likeness (QED) is 0.555. The van der Waals surface area contributed by atoms with E-state index in [1.807, 2.05) is 38.1 Å². The fourth-order valence-electron chi connectivity index (χ4n) is 3.00. The highest BCUT2D eigenvalue weighted by molar-refractivity contribution is 7.92. The van der Waals surface area contributed by atoms with Gasteiger partial charge in [0.05, 0.1) is 12.0 Å². The molecule has 7 heteroatoms. The SMILES string of the molecule is COc1ccc(CCNC(=O)c2ccc(NS(=O)(=O)c3ccc(C)c(C)c3)cc2)cc1. The maximum absolute atomic E-state index is 12.6. The molecular weight excluding hydrogens is 412 g/mol. The second-order valence-electron chi connectivity index (χ2n) is 7.28. The number of amides is 1. The molecule has 0 saturated heterocycles. The van der Waals surface area contributed by atoms with E-state index in [1.165, 1.54) is 0 Å². The molecule has 2 N–H and O–H groups in total. The third-order valence-corrected chi connectivity index (χ3v) is 6.43. The van der Waals surface area contributed by atoms with Crippen LogP contribution in [0, 0.1) is 13.8 Å². The molecule has 0 fully saturated rings. The van der Waals surface area contributed by atoms with Gasteiger partial charge in [0.2, 0.25) is 0 Å². The smallest absolute Gasteiger partial charge is 0.261 e. The van der Waals surface area contributed by atoms with Gasteiger partial charge in [0, 0.05) is 17.8 Å². The Balaban J connectivity index is 1.57. The lowest BCUT2D eigenvalue weighted by atomic mass is 10.1. The maximum Gasteiger partial charge on any atom is 0.261 e. The molecule has 0 aliphatic carbocycles. The zero-order valence-corrected chi connectivity index (χ0v) is 18.6. The number of hydrogen-bond acceptors (Lipinski definition) is 4. The summed E-state index contributed by atoms with van der Waals surface area (Å²) in [5.74, 6) is 0.582. The Labute approximate surface area is 183 Å². The second-order valence-corrected chi connectivity index (χ2v) is 8.97. The number of nitrogens with one attached hydrogen (secondary N) is 2. The number of benzene rings is 3. The lowest BCUT2D eigenvalue weighted by Crippen LogP contribution is -2.25. The third-order valence-electron chi connectivity index (χ3n) is 5.05. The number of carbonyl (C=O) groups is 1. The number of sulfonamides is 1. The van der Waals surface area contributed by atoms with Crippen LogP contribution in [-0.2, 0) is 16.4 Å². The van der Waals surface area contributed by atoms with Crippen molar-refractivity contribution in [3.63, 3.8) is 0 Å². The van der Waals surface area contributed by atoms with Crippen molar-refractivity contribution >= 4 is 21.6 Å². The predicted molar refractivity (Wildman–Crippen MR) is 122 cm³/mol. The van der Waals surface area contributed by atoms with E-state index < -0.39 is 10.0 Å². The second kappa shape index (κ2) is 9.66. The fourth-order valence-corrected chi connectivity index (χ4v) is 4.14. The Morgan fingerprint density at radius 2 is 1.58 bits per heavy atom. The lowest BCUT2D eigenvalue weighted by Gasteiger charge is -2.11. The summed E-state index contributed by atoms with van der Waals surface area (Å²) in [6, 6.07) is 19.0. The number of anilines is 1. The van der Waals surface area contributed by atoms with Crippen LogP contribution in [0.25, 0.3) is 0 Å². The first-order valence-corrected chi connectivity index (χ1v) is 11.4. The lowest BCUT2D eigenvalue weighted by molar-refractivity contribution is 0.0954. The van der Waals surface area contributed by atoms with Gasteiger partial charge in [-0.25, -0.2) is 8.42 Å². The molecule has 3 rings (SSSR count). The van der Waals surface area contributed by atoms with E-state index in [2.05, 4.69) is 10.0 Å². The summed E-state index contributed by atoms with van der Waals surface area (Å²) in [5.41, 5.74) is 3.89. The zero-order valence-electron chi connectivity index (χ0n) is 17.8. The van der Waals surface area contributed by atoms with Crippen LogP contribution in [-0.4, -0.2) is 28.0 Å². The molecule has 0 bridgehead atoms. The van der Waals surface area contributed by atoms with Gasteiger partial charge < -0.3 is 10.1 Å². The van der Waals surface area contributed by atoms with Gasteiger partial charge in [-0.2, -0.15) is 0 Å². The molecular formula is C24H26N2O4S. The van der Waals surface area contributed by atoms with Gasteiger partial charge in [-0.3, -0.25) is 9.52 Å². The zero-order chi connectivity index (χ0) is 22.4. The molecule has 162 valence electrons. The van der Waals surface area contributed by atoms with E-state index in [4.69, 9.17) is 4.74 Å². The molecule has 0 atom stereocenters. The highest BCUT2D eigenvalue weighted by atomic mass is 32.2. The van der Waals surface area contributed by atoms with Crippen molar-refractivity contribution < 1.29 is 17.9 Å². The van der Waals surface area contributed by atoms with Crippen LogP contribution in [0.1, 0.15) is 27.0 Å². The fraction of sp³-hybridized carbons (Fsp3) is 0.208. The number of rotatable bonds is 8. The highest BCUT2D eigenvalue weighted by Gasteiger charge is 2.15. The van der Waals surface area contributed by atoms with Crippen molar-refractivity contribution in [2.45, 2.75) is 25.2 Å². The van der Waals surface area contributed by atoms with Gasteiger partial charge in [0.15, 0.2) is 0 Å². The highest BCUT2D eigenvalue weighted by Crippen LogP contribution is 2.19. The Morgan fingerprint density at radius 1 is 0.903 bits per heavy atom. The molecule has 0 spiro atoms. The Kier molecular flexibility index (Phi) is 6.97. The summed E-state index contributed by atoms with van der Waals surface area (Å²) in [4.78, 5) is 12.6. The largest absolute Gasteiger partial charge is 0.497 e. The summed E-state index contributed by atoms with van der Waals surface area (Å²) in [6.45, 7) is 4.29. The van der Waals surface area contributed by atoms with Gasteiger partial charge in [0.1, 0.15) is 5.75 Å². The summed E-state index contributed by atoms with van der Waals surface area (Å²) >= 11 is 0. The number of ether oxygens (including phenoxy) is 1. The molecule has 0 aliphatic heterocycles. The maximum atomic E-state index is 12.6. The van der Waals surface area contributed by atoms with Gasteiger partial charge in [0.25, 0.3) is 15.9 Å². The normalized spacial score (nSPS) is 11.1. The van der Waals surface area contributed by atoms with E-state index in [-0.39, 0.29) is 10.8 Å². The van der Waals surface area contributed by atoms with E-state index in [0.29, 0.717) is 24.2 Å². The predicted octanol–water partition coefficient (Wildman–Crippen LogP) is 4.09. The monoisotopic (exact) mass is 438 g/mol. The first-order valence-electron chi connectivity index (χ1n) is 9.90. The van der Waals surface area contributed by atoms with Crippen molar-refractivity contribution in [2.75, 3.05) is 18.4 Å². The van der Waals surface area contributed by atoms with Crippen LogP contribution in [0.5, 0.6) is 5.75 Å². The van der Waals surface area contributed by atoms with Gasteiger partial charge in [-0.05, 0) is 85.5 Å². The average Bonchev–Trinajstić information content (AvgIpc) is 2.76. The van der Waals surface area contributed by atoms with Gasteiger partial charge >= 0.3 is 0 Å². The Morgan fingerprint density at radius 3 is 2.19 bits per heavy atom. The van der Waals surface area contributed by atoms with Crippen molar-refractivity contribution in [1.29, 1.82) is 0 Å². The molecule has 3 aromatic rings. The van der Waals surface area contributed by atoms with Crippen LogP contribution >= 0.6 is 0 Å². The standard InChI is InChI=1S/C24H26N2O4S/c1-17-4-13-23(16-18(17)2)31(28,29)26-21-9-7-20(8-10-21)24(27)25-15-14-19-5-11-22(30-3)12-6-19/h4-13,16,26H,14-15H2,1-3H3,(H,25,27). The minimum absolute atomic E-state index is 0.205. The molecule has 31 heavy (non-hydrogen) atoms. The van der Waals surface area contributed by atoms with Crippen molar-refractivity contribution in [3.8, 4) is 5.75 Å². The summed E-state index contributed by atoms with van der Waals surface area (Å²) in [7, 11) is -2.08. The minimum Gasteiger partial charge on any atom is -0.497 e. The van der Waals surface area contributed by atoms with Gasteiger partial charge in [-0.1, -0.05) is 18.2 Å². The van der Waals surface area contributed by atoms with Crippen LogP contribution in [0.3, 0.4) is 0 Å². The summed E-state index contributed by atoms with van der Waals surface area (Å²) in [6.07, 6.45) is 0.698. The van der Waals surface area contributed by atoms with Gasteiger partial charge in [-0.15, -0.1) is 0 Å². The molecule has 6 nitrogen and oxygen atoms in total. The van der Waals surface area contributed by atoms with Crippen LogP contribution in [0.4, 0.5) is 5.69 Å². The van der Waals surface area contributed by atoms with E-state index in [0.717, 1.165) is 22.4 Å². The Bertz CT molecular complexity index is 1160. The van der Waals surface area contributed by atoms with Crippen molar-refractivity contribution in [1.82, 2.24) is 5.32 Å². The van der Waals surface area contributed by atoms with Crippen molar-refractivity contribution in [3.05, 3.63) is 89.0 Å². The first kappa shape index (κ1) is 22.4. The molecule has 0 unspecified atom stereocenters. The molecule has 0 heterocycles. The van der Waals surface area contributed by atoms with Crippen LogP contribution in [0.2, 0.25) is 0 Å². The average molecular weight is 439 g/mol. The van der Waals surface area contributed by atoms with Crippen LogP contribution < -0.4 is 14.8 Å². The third kappa shape index (κ3) is 5.86. The number of aryl methyl sites for hydroxylation is 2. The van der Waals surface area contributed by atoms with E-state index in [1.54, 1.807) is 49.6 Å². The summed E-state index contributed by atoms with van der Waals surface area (Å²) in [5, 5.41) is 2.87. The van der Waals surface area contributed by atoms with E-state index in [9.17, 15) is 13.2 Å².